The average Bonchev–Trinajstić information content (AvgIpc) is 3.09. The summed E-state index contributed by atoms with van der Waals surface area (Å²) < 4.78 is 5.00. The molecule has 0 aliphatic carbocycles. The van der Waals surface area contributed by atoms with Gasteiger partial charge < -0.3 is 20.3 Å². The smallest absolute Gasteiger partial charge is 0.409 e. The van der Waals surface area contributed by atoms with Crippen LogP contribution in [0.2, 0.25) is 0 Å². The topological polar surface area (TPSA) is 83.6 Å². The van der Waals surface area contributed by atoms with E-state index in [1.165, 1.54) is 0 Å². The Kier molecular flexibility index (Phi) is 6.28. The molecule has 0 atom stereocenters. The summed E-state index contributed by atoms with van der Waals surface area (Å²) in [5.74, 6) is 0. The molecule has 3 amide bonds. The summed E-state index contributed by atoms with van der Waals surface area (Å²) in [7, 11) is 0. The van der Waals surface area contributed by atoms with Crippen LogP contribution in [0.25, 0.3) is 10.6 Å². The summed E-state index contributed by atoms with van der Waals surface area (Å²) in [6, 6.07) is 7.46. The first-order chi connectivity index (χ1) is 13.0. The summed E-state index contributed by atoms with van der Waals surface area (Å²) in [6.45, 7) is 5.32. The molecule has 0 spiro atoms. The number of likely N-dealkylation sites (tertiary alicyclic amines) is 1. The number of nitrogens with zero attached hydrogens (tertiary/aromatic N) is 2. The van der Waals surface area contributed by atoms with Crippen LogP contribution in [-0.2, 0) is 4.74 Å². The van der Waals surface area contributed by atoms with E-state index in [9.17, 15) is 9.59 Å². The van der Waals surface area contributed by atoms with Gasteiger partial charge in [0.05, 0.1) is 6.61 Å². The zero-order chi connectivity index (χ0) is 19.2. The number of urea groups is 1. The highest BCUT2D eigenvalue weighted by Crippen LogP contribution is 2.24. The molecular weight excluding hydrogens is 364 g/mol. The fourth-order valence-corrected chi connectivity index (χ4v) is 3.76. The van der Waals surface area contributed by atoms with Crippen molar-refractivity contribution >= 4 is 29.1 Å². The number of hydrogen-bond acceptors (Lipinski definition) is 5. The number of amides is 3. The molecule has 2 aromatic rings. The highest BCUT2D eigenvalue weighted by atomic mass is 32.1. The van der Waals surface area contributed by atoms with Gasteiger partial charge in [0, 0.05) is 41.5 Å². The molecule has 1 saturated heterocycles. The number of nitrogens with one attached hydrogen (secondary N) is 2. The first-order valence-electron chi connectivity index (χ1n) is 9.07. The molecule has 0 saturated carbocycles. The first kappa shape index (κ1) is 19.2. The maximum atomic E-state index is 12.2. The molecule has 1 fully saturated rings. The number of aromatic nitrogens is 1. The molecule has 1 aromatic carbocycles. The maximum Gasteiger partial charge on any atom is 0.409 e. The third-order valence-electron chi connectivity index (χ3n) is 4.36. The Hall–Kier alpha value is -2.61. The monoisotopic (exact) mass is 388 g/mol. The lowest BCUT2D eigenvalue weighted by atomic mass is 10.1. The summed E-state index contributed by atoms with van der Waals surface area (Å²) in [6.07, 6.45) is 1.15. The van der Waals surface area contributed by atoms with Crippen LogP contribution >= 0.6 is 11.3 Å². The van der Waals surface area contributed by atoms with Crippen LogP contribution in [0.3, 0.4) is 0 Å². The average molecular weight is 388 g/mol. The normalized spacial score (nSPS) is 14.7. The second-order valence-corrected chi connectivity index (χ2v) is 7.29. The largest absolute Gasteiger partial charge is 0.450 e. The molecule has 27 heavy (non-hydrogen) atoms. The van der Waals surface area contributed by atoms with Crippen molar-refractivity contribution in [3.05, 3.63) is 35.3 Å². The number of carbonyl (C=O) groups is 2. The Morgan fingerprint density at radius 2 is 1.96 bits per heavy atom. The molecule has 0 unspecified atom stereocenters. The number of ether oxygens (including phenoxy) is 1. The third kappa shape index (κ3) is 5.19. The Balaban J connectivity index is 1.46. The van der Waals surface area contributed by atoms with Crippen LogP contribution in [-0.4, -0.2) is 47.7 Å². The lowest BCUT2D eigenvalue weighted by Crippen LogP contribution is -2.47. The van der Waals surface area contributed by atoms with Crippen LogP contribution in [0, 0.1) is 6.92 Å². The first-order valence-corrected chi connectivity index (χ1v) is 9.95. The van der Waals surface area contributed by atoms with Gasteiger partial charge in [-0.05, 0) is 51.0 Å². The number of hydrogen-bond donors (Lipinski definition) is 2. The fourth-order valence-electron chi connectivity index (χ4n) is 2.96. The maximum absolute atomic E-state index is 12.2. The predicted octanol–water partition coefficient (Wildman–Crippen LogP) is 3.86. The van der Waals surface area contributed by atoms with Gasteiger partial charge in [0.1, 0.15) is 5.01 Å². The van der Waals surface area contributed by atoms with Crippen LogP contribution in [0.15, 0.2) is 29.6 Å². The molecule has 2 N–H and O–H groups in total. The highest BCUT2D eigenvalue weighted by molar-refractivity contribution is 7.13. The molecule has 1 aromatic heterocycles. The SMILES string of the molecule is CCOC(=O)N1CCC(NC(=O)Nc2ccc(-c3nc(C)cs3)cc2)CC1. The fraction of sp³-hybridized carbons (Fsp3) is 0.421. The van der Waals surface area contributed by atoms with E-state index in [0.717, 1.165) is 22.0 Å². The van der Waals surface area contributed by atoms with Crippen molar-refractivity contribution in [1.29, 1.82) is 0 Å². The van der Waals surface area contributed by atoms with Gasteiger partial charge in [-0.3, -0.25) is 0 Å². The van der Waals surface area contributed by atoms with Gasteiger partial charge in [-0.15, -0.1) is 11.3 Å². The van der Waals surface area contributed by atoms with Gasteiger partial charge >= 0.3 is 12.1 Å². The van der Waals surface area contributed by atoms with Crippen molar-refractivity contribution < 1.29 is 14.3 Å². The van der Waals surface area contributed by atoms with Gasteiger partial charge in [0.25, 0.3) is 0 Å². The molecule has 7 nitrogen and oxygen atoms in total. The molecular formula is C19H24N4O3S. The number of rotatable bonds is 4. The summed E-state index contributed by atoms with van der Waals surface area (Å²) in [5.41, 5.74) is 2.77. The van der Waals surface area contributed by atoms with Crippen LogP contribution in [0.1, 0.15) is 25.5 Å². The molecule has 3 rings (SSSR count). The van der Waals surface area contributed by atoms with Crippen molar-refractivity contribution in [3.63, 3.8) is 0 Å². The summed E-state index contributed by atoms with van der Waals surface area (Å²) in [4.78, 5) is 30.1. The standard InChI is InChI=1S/C19H24N4O3S/c1-3-26-19(25)23-10-8-16(9-11-23)22-18(24)21-15-6-4-14(5-7-15)17-20-13(2)12-27-17/h4-7,12,16H,3,8-11H2,1-2H3,(H2,21,22,24). The molecule has 1 aliphatic rings. The van der Waals surface area contributed by atoms with E-state index in [1.54, 1.807) is 23.2 Å². The number of benzene rings is 1. The summed E-state index contributed by atoms with van der Waals surface area (Å²) >= 11 is 1.60. The van der Waals surface area contributed by atoms with Gasteiger partial charge in [0.2, 0.25) is 0 Å². The minimum atomic E-state index is -0.282. The van der Waals surface area contributed by atoms with Crippen LogP contribution < -0.4 is 10.6 Å². The van der Waals surface area contributed by atoms with Crippen molar-refractivity contribution in [2.24, 2.45) is 0 Å². The van der Waals surface area contributed by atoms with E-state index < -0.39 is 0 Å². The zero-order valence-corrected chi connectivity index (χ0v) is 16.3. The van der Waals surface area contributed by atoms with Crippen molar-refractivity contribution in [2.75, 3.05) is 25.0 Å². The minimum Gasteiger partial charge on any atom is -0.450 e. The van der Waals surface area contributed by atoms with Crippen molar-refractivity contribution in [2.45, 2.75) is 32.7 Å². The molecule has 1 aliphatic heterocycles. The number of anilines is 1. The van der Waals surface area contributed by atoms with Crippen LogP contribution in [0.4, 0.5) is 15.3 Å². The second-order valence-electron chi connectivity index (χ2n) is 6.43. The lowest BCUT2D eigenvalue weighted by Gasteiger charge is -2.31. The minimum absolute atomic E-state index is 0.0493. The van der Waals surface area contributed by atoms with E-state index in [2.05, 4.69) is 15.6 Å². The van der Waals surface area contributed by atoms with Gasteiger partial charge in [0.15, 0.2) is 0 Å². The van der Waals surface area contributed by atoms with E-state index in [-0.39, 0.29) is 18.2 Å². The Labute approximate surface area is 162 Å². The van der Waals surface area contributed by atoms with E-state index in [0.29, 0.717) is 32.5 Å². The third-order valence-corrected chi connectivity index (χ3v) is 5.37. The van der Waals surface area contributed by atoms with E-state index >= 15 is 0 Å². The van der Waals surface area contributed by atoms with Gasteiger partial charge in [-0.2, -0.15) is 0 Å². The quantitative estimate of drug-likeness (QED) is 0.833. The molecule has 2 heterocycles. The Bertz CT molecular complexity index is 783. The van der Waals surface area contributed by atoms with E-state index in [1.807, 2.05) is 36.6 Å². The number of piperidine rings is 1. The molecule has 8 heteroatoms. The van der Waals surface area contributed by atoms with Crippen molar-refractivity contribution in [3.8, 4) is 10.6 Å². The van der Waals surface area contributed by atoms with Crippen LogP contribution in [0.5, 0.6) is 0 Å². The molecule has 0 radical (unpaired) electrons. The van der Waals surface area contributed by atoms with Gasteiger partial charge in [-0.25, -0.2) is 14.6 Å². The highest BCUT2D eigenvalue weighted by Gasteiger charge is 2.24. The number of carbonyl (C=O) groups excluding carboxylic acids is 2. The lowest BCUT2D eigenvalue weighted by molar-refractivity contribution is 0.0959. The second kappa shape index (κ2) is 8.85. The van der Waals surface area contributed by atoms with Crippen molar-refractivity contribution in [1.82, 2.24) is 15.2 Å². The number of aryl methyl sites for hydroxylation is 1. The summed E-state index contributed by atoms with van der Waals surface area (Å²) in [5, 5.41) is 8.81. The molecule has 0 bridgehead atoms. The Morgan fingerprint density at radius 1 is 1.26 bits per heavy atom. The van der Waals surface area contributed by atoms with E-state index in [4.69, 9.17) is 4.74 Å². The predicted molar refractivity (Wildman–Crippen MR) is 106 cm³/mol. The Morgan fingerprint density at radius 3 is 2.56 bits per heavy atom. The zero-order valence-electron chi connectivity index (χ0n) is 15.5. The van der Waals surface area contributed by atoms with Gasteiger partial charge in [-0.1, -0.05) is 0 Å². The number of thiazole rings is 1. The molecule has 144 valence electrons.